The molecule has 27 heavy (non-hydrogen) atoms. The fraction of sp³-hybridized carbons (Fsp3) is 0.458. The van der Waals surface area contributed by atoms with Gasteiger partial charge in [-0.05, 0) is 48.9 Å². The van der Waals surface area contributed by atoms with E-state index < -0.39 is 0 Å². The molecule has 1 saturated heterocycles. The molecule has 0 bridgehead atoms. The molecule has 3 nitrogen and oxygen atoms in total. The Kier molecular flexibility index (Phi) is 7.05. The van der Waals surface area contributed by atoms with Gasteiger partial charge in [0.1, 0.15) is 18.1 Å². The van der Waals surface area contributed by atoms with Crippen LogP contribution in [0.4, 0.5) is 0 Å². The number of rotatable bonds is 9. The Hall–Kier alpha value is -2.13. The van der Waals surface area contributed by atoms with E-state index in [1.807, 2.05) is 30.3 Å². The molecule has 0 saturated carbocycles. The number of Topliss-reactive ketones (excluding diaryl/α,β-unsaturated/α-hetero) is 1. The van der Waals surface area contributed by atoms with Crippen molar-refractivity contribution in [1.82, 2.24) is 0 Å². The van der Waals surface area contributed by atoms with Crippen LogP contribution < -0.4 is 4.74 Å². The van der Waals surface area contributed by atoms with Crippen molar-refractivity contribution in [3.63, 3.8) is 0 Å². The van der Waals surface area contributed by atoms with E-state index in [4.69, 9.17) is 4.74 Å². The van der Waals surface area contributed by atoms with Crippen molar-refractivity contribution in [2.24, 2.45) is 0 Å². The number of benzene rings is 2. The summed E-state index contributed by atoms with van der Waals surface area (Å²) in [7, 11) is 2.31. The molecule has 3 heteroatoms. The standard InChI is InChI=1S/C24H32NO2/c1-25(17-6-3-7-18-25)19-16-23(26)13-10-21-11-14-24(15-12-21)27-20-22-8-4-2-5-9-22/h2,4-5,8-9,11-12,14-15H,3,6-7,10,13,16-20H2,1H3/q+1. The van der Waals surface area contributed by atoms with Crippen LogP contribution in [0.3, 0.4) is 0 Å². The van der Waals surface area contributed by atoms with E-state index in [2.05, 4.69) is 31.3 Å². The number of piperidine rings is 1. The van der Waals surface area contributed by atoms with E-state index >= 15 is 0 Å². The van der Waals surface area contributed by atoms with Gasteiger partial charge in [-0.2, -0.15) is 0 Å². The van der Waals surface area contributed by atoms with E-state index in [1.54, 1.807) is 0 Å². The summed E-state index contributed by atoms with van der Waals surface area (Å²) in [6.07, 6.45) is 6.15. The minimum absolute atomic E-state index is 0.393. The minimum atomic E-state index is 0.393. The maximum absolute atomic E-state index is 12.3. The maximum atomic E-state index is 12.3. The Bertz CT molecular complexity index is 703. The van der Waals surface area contributed by atoms with Gasteiger partial charge in [0.25, 0.3) is 0 Å². The van der Waals surface area contributed by atoms with Crippen LogP contribution in [-0.2, 0) is 17.8 Å². The van der Waals surface area contributed by atoms with Crippen molar-refractivity contribution in [2.75, 3.05) is 26.7 Å². The molecule has 0 N–H and O–H groups in total. The molecule has 0 aromatic heterocycles. The van der Waals surface area contributed by atoms with Gasteiger partial charge < -0.3 is 9.22 Å². The van der Waals surface area contributed by atoms with Crippen LogP contribution in [0.1, 0.15) is 43.2 Å². The van der Waals surface area contributed by atoms with Crippen molar-refractivity contribution < 1.29 is 14.0 Å². The van der Waals surface area contributed by atoms with Gasteiger partial charge >= 0.3 is 0 Å². The number of aryl methyl sites for hydroxylation is 1. The summed E-state index contributed by atoms with van der Waals surface area (Å²) in [6.45, 7) is 4.05. The molecule has 0 amide bonds. The van der Waals surface area contributed by atoms with E-state index in [1.165, 1.54) is 37.9 Å². The fourth-order valence-corrected chi connectivity index (χ4v) is 3.80. The lowest BCUT2D eigenvalue weighted by Gasteiger charge is -2.37. The predicted octanol–water partition coefficient (Wildman–Crippen LogP) is 4.79. The van der Waals surface area contributed by atoms with Crippen molar-refractivity contribution in [3.05, 3.63) is 65.7 Å². The lowest BCUT2D eigenvalue weighted by Crippen LogP contribution is -2.48. The first kappa shape index (κ1) is 19.6. The Morgan fingerprint density at radius 2 is 1.59 bits per heavy atom. The van der Waals surface area contributed by atoms with Crippen LogP contribution in [0.2, 0.25) is 0 Å². The summed E-state index contributed by atoms with van der Waals surface area (Å²) in [5, 5.41) is 0. The van der Waals surface area contributed by atoms with Crippen LogP contribution in [0, 0.1) is 0 Å². The molecule has 3 rings (SSSR count). The van der Waals surface area contributed by atoms with Gasteiger partial charge in [-0.1, -0.05) is 42.5 Å². The number of nitrogens with zero attached hydrogens (tertiary/aromatic N) is 1. The average Bonchev–Trinajstić information content (AvgIpc) is 2.71. The molecule has 1 heterocycles. The van der Waals surface area contributed by atoms with Gasteiger partial charge in [0.05, 0.1) is 33.1 Å². The van der Waals surface area contributed by atoms with Gasteiger partial charge in [0.15, 0.2) is 0 Å². The zero-order valence-corrected chi connectivity index (χ0v) is 16.5. The third kappa shape index (κ3) is 6.51. The summed E-state index contributed by atoms with van der Waals surface area (Å²) in [6, 6.07) is 18.3. The maximum Gasteiger partial charge on any atom is 0.138 e. The van der Waals surface area contributed by atoms with Crippen LogP contribution in [0.15, 0.2) is 54.6 Å². The van der Waals surface area contributed by atoms with Crippen molar-refractivity contribution in [1.29, 1.82) is 0 Å². The minimum Gasteiger partial charge on any atom is -0.489 e. The number of likely N-dealkylation sites (tertiary alicyclic amines) is 1. The van der Waals surface area contributed by atoms with Crippen LogP contribution in [-0.4, -0.2) is 36.9 Å². The molecular formula is C24H32NO2+. The number of hydrogen-bond acceptors (Lipinski definition) is 2. The summed E-state index contributed by atoms with van der Waals surface area (Å²) in [5.41, 5.74) is 2.37. The van der Waals surface area contributed by atoms with Gasteiger partial charge in [0.2, 0.25) is 0 Å². The average molecular weight is 367 g/mol. The molecule has 0 radical (unpaired) electrons. The van der Waals surface area contributed by atoms with Crippen LogP contribution in [0.5, 0.6) is 5.75 Å². The van der Waals surface area contributed by atoms with Crippen LogP contribution in [0.25, 0.3) is 0 Å². The molecular weight excluding hydrogens is 334 g/mol. The van der Waals surface area contributed by atoms with Crippen LogP contribution >= 0.6 is 0 Å². The third-order valence-electron chi connectivity index (χ3n) is 5.69. The molecule has 0 unspecified atom stereocenters. The Morgan fingerprint density at radius 3 is 2.30 bits per heavy atom. The second kappa shape index (κ2) is 9.70. The molecule has 2 aromatic rings. The SMILES string of the molecule is C[N+]1(CCC(=O)CCc2ccc(OCc3ccccc3)cc2)CCCCC1. The molecule has 0 aliphatic carbocycles. The summed E-state index contributed by atoms with van der Waals surface area (Å²) in [4.78, 5) is 12.3. The van der Waals surface area contributed by atoms with E-state index in [0.29, 0.717) is 18.8 Å². The highest BCUT2D eigenvalue weighted by molar-refractivity contribution is 5.78. The fourth-order valence-electron chi connectivity index (χ4n) is 3.80. The quantitative estimate of drug-likeness (QED) is 0.597. The topological polar surface area (TPSA) is 26.3 Å². The summed E-state index contributed by atoms with van der Waals surface area (Å²) < 4.78 is 6.90. The second-order valence-corrected chi connectivity index (χ2v) is 8.06. The lowest BCUT2D eigenvalue weighted by molar-refractivity contribution is -0.913. The number of ketones is 1. The monoisotopic (exact) mass is 366 g/mol. The van der Waals surface area contributed by atoms with E-state index in [9.17, 15) is 4.79 Å². The number of ether oxygens (including phenoxy) is 1. The summed E-state index contributed by atoms with van der Waals surface area (Å²) >= 11 is 0. The highest BCUT2D eigenvalue weighted by Crippen LogP contribution is 2.18. The van der Waals surface area contributed by atoms with Gasteiger partial charge in [-0.15, -0.1) is 0 Å². The molecule has 144 valence electrons. The van der Waals surface area contributed by atoms with Gasteiger partial charge in [-0.25, -0.2) is 0 Å². The predicted molar refractivity (Wildman–Crippen MR) is 110 cm³/mol. The Labute approximate surface area is 163 Å². The van der Waals surface area contributed by atoms with Gasteiger partial charge in [-0.3, -0.25) is 4.79 Å². The van der Waals surface area contributed by atoms with Crippen molar-refractivity contribution in [2.45, 2.75) is 45.1 Å². The number of hydrogen-bond donors (Lipinski definition) is 0. The van der Waals surface area contributed by atoms with Crippen molar-refractivity contribution >= 4 is 5.78 Å². The highest BCUT2D eigenvalue weighted by Gasteiger charge is 2.25. The highest BCUT2D eigenvalue weighted by atomic mass is 16.5. The smallest absolute Gasteiger partial charge is 0.138 e. The van der Waals surface area contributed by atoms with Gasteiger partial charge in [0, 0.05) is 6.42 Å². The number of carbonyl (C=O) groups is 1. The lowest BCUT2D eigenvalue weighted by atomic mass is 10.0. The third-order valence-corrected chi connectivity index (χ3v) is 5.69. The molecule has 1 fully saturated rings. The zero-order valence-electron chi connectivity index (χ0n) is 16.5. The normalized spacial score (nSPS) is 16.0. The first-order valence-electron chi connectivity index (χ1n) is 10.2. The van der Waals surface area contributed by atoms with Crippen molar-refractivity contribution in [3.8, 4) is 5.75 Å². The zero-order chi connectivity index (χ0) is 19.0. The molecule has 1 aliphatic heterocycles. The second-order valence-electron chi connectivity index (χ2n) is 8.06. The largest absolute Gasteiger partial charge is 0.489 e. The van der Waals surface area contributed by atoms with E-state index in [0.717, 1.165) is 35.2 Å². The number of quaternary nitrogens is 1. The first-order chi connectivity index (χ1) is 13.1. The molecule has 0 spiro atoms. The Balaban J connectivity index is 1.38. The number of carbonyl (C=O) groups excluding carboxylic acids is 1. The molecule has 0 atom stereocenters. The molecule has 1 aliphatic rings. The molecule has 2 aromatic carbocycles. The first-order valence-corrected chi connectivity index (χ1v) is 10.2. The Morgan fingerprint density at radius 1 is 0.889 bits per heavy atom. The summed E-state index contributed by atoms with van der Waals surface area (Å²) in [5.74, 6) is 1.26. The van der Waals surface area contributed by atoms with E-state index in [-0.39, 0.29) is 0 Å².